The van der Waals surface area contributed by atoms with Crippen molar-refractivity contribution in [3.63, 3.8) is 0 Å². The van der Waals surface area contributed by atoms with Crippen LogP contribution in [0.4, 0.5) is 0 Å². The third-order valence-corrected chi connectivity index (χ3v) is 3.24. The second-order valence-electron chi connectivity index (χ2n) is 3.82. The van der Waals surface area contributed by atoms with Gasteiger partial charge in [-0.15, -0.1) is 0 Å². The average molecular weight is 226 g/mol. The van der Waals surface area contributed by atoms with Crippen LogP contribution in [0.3, 0.4) is 0 Å². The van der Waals surface area contributed by atoms with Crippen LogP contribution in [0.1, 0.15) is 18.1 Å². The highest BCUT2D eigenvalue weighted by Gasteiger charge is 2.04. The molecule has 3 nitrogen and oxygen atoms in total. The van der Waals surface area contributed by atoms with Crippen LogP contribution in [-0.2, 0) is 17.3 Å². The molecule has 0 aliphatic rings. The first-order valence-corrected chi connectivity index (χ1v) is 6.75. The van der Waals surface area contributed by atoms with Crippen molar-refractivity contribution >= 4 is 10.8 Å². The predicted molar refractivity (Wildman–Crippen MR) is 64.2 cm³/mol. The van der Waals surface area contributed by atoms with E-state index in [9.17, 15) is 4.21 Å². The summed E-state index contributed by atoms with van der Waals surface area (Å²) in [5, 5.41) is 3.34. The number of hydrogen-bond donors (Lipinski definition) is 1. The Kier molecular flexibility index (Phi) is 4.91. The van der Waals surface area contributed by atoms with Crippen molar-refractivity contribution in [3.05, 3.63) is 29.6 Å². The first-order valence-electron chi connectivity index (χ1n) is 5.02. The minimum Gasteiger partial charge on any atom is -0.309 e. The van der Waals surface area contributed by atoms with E-state index in [1.54, 1.807) is 12.5 Å². The van der Waals surface area contributed by atoms with Gasteiger partial charge in [0.1, 0.15) is 0 Å². The summed E-state index contributed by atoms with van der Waals surface area (Å²) < 4.78 is 11.0. The molecule has 4 heteroatoms. The van der Waals surface area contributed by atoms with E-state index >= 15 is 0 Å². The lowest BCUT2D eigenvalue weighted by Crippen LogP contribution is -2.30. The first-order chi connectivity index (χ1) is 7.09. The Morgan fingerprint density at radius 2 is 2.33 bits per heavy atom. The van der Waals surface area contributed by atoms with Crippen LogP contribution in [0, 0.1) is 6.92 Å². The number of aromatic nitrogens is 1. The number of hydrogen-bond acceptors (Lipinski definition) is 3. The Labute approximate surface area is 93.8 Å². The van der Waals surface area contributed by atoms with Gasteiger partial charge in [-0.25, -0.2) is 0 Å². The molecule has 1 rings (SSSR count). The largest absolute Gasteiger partial charge is 0.309 e. The van der Waals surface area contributed by atoms with Crippen LogP contribution < -0.4 is 5.32 Å². The molecule has 1 N–H and O–H groups in total. The Balaban J connectivity index is 2.43. The molecule has 84 valence electrons. The summed E-state index contributed by atoms with van der Waals surface area (Å²) in [4.78, 5) is 4.08. The molecule has 0 radical (unpaired) electrons. The number of nitrogens with zero attached hydrogens (tertiary/aromatic N) is 1. The molecule has 1 aromatic heterocycles. The van der Waals surface area contributed by atoms with Gasteiger partial charge >= 0.3 is 0 Å². The molecule has 2 atom stereocenters. The number of aryl methyl sites for hydroxylation is 1. The van der Waals surface area contributed by atoms with Gasteiger partial charge < -0.3 is 5.32 Å². The van der Waals surface area contributed by atoms with Gasteiger partial charge in [0.05, 0.1) is 0 Å². The molecule has 0 amide bonds. The van der Waals surface area contributed by atoms with Crippen LogP contribution in [0.25, 0.3) is 0 Å². The van der Waals surface area contributed by atoms with Gasteiger partial charge in [0.15, 0.2) is 0 Å². The Morgan fingerprint density at radius 1 is 1.60 bits per heavy atom. The second kappa shape index (κ2) is 5.98. The van der Waals surface area contributed by atoms with E-state index in [1.165, 1.54) is 11.1 Å². The van der Waals surface area contributed by atoms with Crippen LogP contribution in [0.5, 0.6) is 0 Å². The van der Waals surface area contributed by atoms with Gasteiger partial charge in [0.25, 0.3) is 0 Å². The molecule has 0 fully saturated rings. The molecule has 1 heterocycles. The van der Waals surface area contributed by atoms with Gasteiger partial charge in [0.2, 0.25) is 0 Å². The van der Waals surface area contributed by atoms with E-state index in [4.69, 9.17) is 0 Å². The fraction of sp³-hybridized carbons (Fsp3) is 0.545. The zero-order valence-corrected chi connectivity index (χ0v) is 10.3. The predicted octanol–water partition coefficient (Wildman–Crippen LogP) is 1.25. The lowest BCUT2D eigenvalue weighted by atomic mass is 10.1. The number of rotatable bonds is 5. The monoisotopic (exact) mass is 226 g/mol. The van der Waals surface area contributed by atoms with E-state index in [-0.39, 0.29) is 6.04 Å². The lowest BCUT2D eigenvalue weighted by Gasteiger charge is -2.13. The molecule has 2 unspecified atom stereocenters. The zero-order valence-electron chi connectivity index (χ0n) is 9.49. The summed E-state index contributed by atoms with van der Waals surface area (Å²) >= 11 is 0. The third-order valence-electron chi connectivity index (χ3n) is 2.27. The Hall–Kier alpha value is -0.740. The first kappa shape index (κ1) is 12.3. The maximum absolute atomic E-state index is 11.0. The summed E-state index contributed by atoms with van der Waals surface area (Å²) in [6.45, 7) is 4.91. The zero-order chi connectivity index (χ0) is 11.3. The number of nitrogens with one attached hydrogen (secondary N) is 1. The van der Waals surface area contributed by atoms with Crippen LogP contribution in [-0.4, -0.2) is 27.2 Å². The summed E-state index contributed by atoms with van der Waals surface area (Å²) in [6, 6.07) is 2.27. The molecule has 0 aliphatic heterocycles. The number of pyridine rings is 1. The smallest absolute Gasteiger partial charge is 0.0383 e. The highest BCUT2D eigenvalue weighted by Crippen LogP contribution is 2.04. The van der Waals surface area contributed by atoms with Crippen LogP contribution in [0.15, 0.2) is 18.5 Å². The summed E-state index contributed by atoms with van der Waals surface area (Å²) in [5.41, 5.74) is 2.44. The quantitative estimate of drug-likeness (QED) is 0.821. The molecule has 15 heavy (non-hydrogen) atoms. The van der Waals surface area contributed by atoms with E-state index in [0.29, 0.717) is 5.75 Å². The van der Waals surface area contributed by atoms with Gasteiger partial charge in [-0.1, -0.05) is 0 Å². The fourth-order valence-electron chi connectivity index (χ4n) is 1.38. The topological polar surface area (TPSA) is 42.0 Å². The standard InChI is InChI=1S/C11H18N2OS/c1-9-4-5-12-6-11(9)7-13-10(2)8-15(3)14/h4-6,10,13H,7-8H2,1-3H3. The van der Waals surface area contributed by atoms with Crippen molar-refractivity contribution in [3.8, 4) is 0 Å². The lowest BCUT2D eigenvalue weighted by molar-refractivity contribution is 0.585. The van der Waals surface area contributed by atoms with Crippen molar-refractivity contribution in [2.45, 2.75) is 26.4 Å². The van der Waals surface area contributed by atoms with E-state index in [2.05, 4.69) is 17.2 Å². The second-order valence-corrected chi connectivity index (χ2v) is 5.30. The van der Waals surface area contributed by atoms with Crippen molar-refractivity contribution in [2.24, 2.45) is 0 Å². The molecular formula is C11H18N2OS. The molecule has 1 aromatic rings. The average Bonchev–Trinajstić information content (AvgIpc) is 2.15. The maximum Gasteiger partial charge on any atom is 0.0383 e. The van der Waals surface area contributed by atoms with Crippen molar-refractivity contribution < 1.29 is 4.21 Å². The van der Waals surface area contributed by atoms with Crippen LogP contribution in [0.2, 0.25) is 0 Å². The Morgan fingerprint density at radius 3 is 2.93 bits per heavy atom. The molecule has 0 aromatic carbocycles. The minimum absolute atomic E-state index is 0.274. The van der Waals surface area contributed by atoms with Gasteiger partial charge in [-0.3, -0.25) is 9.19 Å². The van der Waals surface area contributed by atoms with Crippen molar-refractivity contribution in [1.82, 2.24) is 10.3 Å². The minimum atomic E-state index is -0.737. The van der Waals surface area contributed by atoms with Gasteiger partial charge in [-0.05, 0) is 31.0 Å². The molecular weight excluding hydrogens is 208 g/mol. The molecule has 0 saturated carbocycles. The van der Waals surface area contributed by atoms with Gasteiger partial charge in [0, 0.05) is 47.8 Å². The summed E-state index contributed by atoms with van der Waals surface area (Å²) in [5.74, 6) is 0.694. The molecule has 0 aliphatic carbocycles. The van der Waals surface area contributed by atoms with Crippen molar-refractivity contribution in [2.75, 3.05) is 12.0 Å². The third kappa shape index (κ3) is 4.53. The van der Waals surface area contributed by atoms with E-state index in [0.717, 1.165) is 6.54 Å². The van der Waals surface area contributed by atoms with E-state index < -0.39 is 10.8 Å². The Bertz CT molecular complexity index is 341. The molecule has 0 saturated heterocycles. The van der Waals surface area contributed by atoms with Crippen molar-refractivity contribution in [1.29, 1.82) is 0 Å². The molecule has 0 bridgehead atoms. The van der Waals surface area contributed by atoms with Crippen LogP contribution >= 0.6 is 0 Å². The fourth-order valence-corrected chi connectivity index (χ4v) is 2.20. The summed E-state index contributed by atoms with van der Waals surface area (Å²) in [7, 11) is -0.737. The highest BCUT2D eigenvalue weighted by atomic mass is 32.2. The summed E-state index contributed by atoms with van der Waals surface area (Å²) in [6.07, 6.45) is 5.40. The molecule has 0 spiro atoms. The highest BCUT2D eigenvalue weighted by molar-refractivity contribution is 7.84. The van der Waals surface area contributed by atoms with Gasteiger partial charge in [-0.2, -0.15) is 0 Å². The SMILES string of the molecule is Cc1ccncc1CNC(C)CS(C)=O. The maximum atomic E-state index is 11.0. The normalized spacial score (nSPS) is 14.9. The van der Waals surface area contributed by atoms with E-state index in [1.807, 2.05) is 19.2 Å².